The molecule has 0 bridgehead atoms. The number of unbranched alkanes of at least 4 members (excludes halogenated alkanes) is 1. The van der Waals surface area contributed by atoms with Crippen molar-refractivity contribution in [3.63, 3.8) is 0 Å². The molecule has 6 N–H and O–H groups in total. The quantitative estimate of drug-likeness (QED) is 0.0154. The van der Waals surface area contributed by atoms with Gasteiger partial charge in [0.15, 0.2) is 17.2 Å². The molecule has 4 aromatic carbocycles. The van der Waals surface area contributed by atoms with Crippen LogP contribution in [0.5, 0.6) is 34.5 Å². The number of ketones is 1. The zero-order valence-electron chi connectivity index (χ0n) is 63.4. The van der Waals surface area contributed by atoms with Gasteiger partial charge in [-0.1, -0.05) is 6.92 Å². The molecule has 29 nitrogen and oxygen atoms in total. The lowest BCUT2D eigenvalue weighted by atomic mass is 9.97. The zero-order valence-corrected chi connectivity index (χ0v) is 64.2. The second kappa shape index (κ2) is 42.2. The number of pyridine rings is 2. The highest BCUT2D eigenvalue weighted by molar-refractivity contribution is 7.92. The lowest BCUT2D eigenvalue weighted by molar-refractivity contribution is -0.122. The van der Waals surface area contributed by atoms with Crippen molar-refractivity contribution in [3.05, 3.63) is 134 Å². The minimum absolute atomic E-state index is 0.0384. The van der Waals surface area contributed by atoms with Crippen molar-refractivity contribution in [2.24, 2.45) is 14.1 Å². The van der Waals surface area contributed by atoms with E-state index >= 15 is 0 Å². The van der Waals surface area contributed by atoms with E-state index in [0.29, 0.717) is 175 Å². The number of methoxy groups -OCH3 is 2. The van der Waals surface area contributed by atoms with Crippen LogP contribution < -0.4 is 60.5 Å². The van der Waals surface area contributed by atoms with Crippen molar-refractivity contribution < 1.29 is 70.2 Å². The van der Waals surface area contributed by atoms with E-state index in [1.807, 2.05) is 70.8 Å². The number of carbonyl (C=O) groups excluding carboxylic acids is 3. The van der Waals surface area contributed by atoms with Gasteiger partial charge >= 0.3 is 5.69 Å². The molecule has 30 heteroatoms. The van der Waals surface area contributed by atoms with Gasteiger partial charge < -0.3 is 78.6 Å². The van der Waals surface area contributed by atoms with Crippen molar-refractivity contribution in [1.29, 1.82) is 5.41 Å². The standard InChI is InChI=1S/C77H106N12O17S/c1-11-28-104-59-43-60(45-61(44-59)106-71-48-69-68(86(7)77(94)87(69)8)47-67(71)84-107(95,96)62-17-18-70(97-9)72(46-62)98-10)105-30-13-12-22-85(6)52-58(90)15-14-29-99-32-34-101-36-38-103-39-37-102-35-33-100-31-20-74(91)79-21-23-88-24-26-89(27-25-88)73-19-16-56(50-80-73)57-41-63(64(49-78)66(42-57)82-53(2)3)75(92)81-51-65-54(4)40-55(5)83-76(65)93/h16-19,40-50,53,78,82,84H,11-15,20-39,51-52H2,1-10H3,(H,79,91)(H,81,92)(H,83,93). The predicted molar refractivity (Wildman–Crippen MR) is 412 cm³/mol. The Balaban J connectivity index is 0.612. The largest absolute Gasteiger partial charge is 0.493 e. The molecule has 0 atom stereocenters. The fourth-order valence-electron chi connectivity index (χ4n) is 12.0. The molecule has 582 valence electrons. The molecule has 107 heavy (non-hydrogen) atoms. The second-order valence-corrected chi connectivity index (χ2v) is 28.0. The molecule has 0 spiro atoms. The highest BCUT2D eigenvalue weighted by Gasteiger charge is 2.25. The van der Waals surface area contributed by atoms with Gasteiger partial charge in [0, 0.05) is 156 Å². The van der Waals surface area contributed by atoms with Crippen LogP contribution in [0.2, 0.25) is 0 Å². The number of fused-ring (bicyclic) bond motifs is 1. The maximum atomic E-state index is 13.9. The summed E-state index contributed by atoms with van der Waals surface area (Å²) in [5, 5.41) is 17.5. The number of hydrogen-bond donors (Lipinski definition) is 6. The number of Topliss-reactive ketones (excluding diaryl/α,β-unsaturated/α-hetero) is 1. The Morgan fingerprint density at radius 3 is 1.95 bits per heavy atom. The molecular weight excluding hydrogens is 1400 g/mol. The number of rotatable bonds is 48. The maximum absolute atomic E-state index is 13.9. The predicted octanol–water partition coefficient (Wildman–Crippen LogP) is 8.24. The first-order chi connectivity index (χ1) is 51.6. The summed E-state index contributed by atoms with van der Waals surface area (Å²) < 4.78 is 90.7. The van der Waals surface area contributed by atoms with Gasteiger partial charge in [-0.2, -0.15) is 0 Å². The Kier molecular flexibility index (Phi) is 32.8. The molecule has 1 saturated heterocycles. The van der Waals surface area contributed by atoms with E-state index in [0.717, 1.165) is 73.8 Å². The van der Waals surface area contributed by atoms with Crippen molar-refractivity contribution >= 4 is 62.1 Å². The normalized spacial score (nSPS) is 12.6. The van der Waals surface area contributed by atoms with Crippen LogP contribution in [0.1, 0.15) is 92.0 Å². The number of nitrogens with zero attached hydrogens (tertiary/aromatic N) is 6. The van der Waals surface area contributed by atoms with E-state index in [2.05, 4.69) is 35.5 Å². The number of H-pyrrole nitrogens is 1. The molecule has 3 aromatic heterocycles. The fraction of sp³-hybridized carbons (Fsp3) is 0.494. The zero-order chi connectivity index (χ0) is 76.8. The molecule has 1 aliphatic heterocycles. The molecule has 1 aliphatic rings. The number of likely N-dealkylation sites (N-methyl/N-ethyl adjacent to an activating group) is 1. The highest BCUT2D eigenvalue weighted by Crippen LogP contribution is 2.39. The van der Waals surface area contributed by atoms with Crippen LogP contribution in [0.25, 0.3) is 22.2 Å². The molecule has 0 aliphatic carbocycles. The van der Waals surface area contributed by atoms with Gasteiger partial charge in [0.25, 0.3) is 21.5 Å². The van der Waals surface area contributed by atoms with Crippen LogP contribution >= 0.6 is 0 Å². The van der Waals surface area contributed by atoms with Crippen LogP contribution in [-0.2, 0) is 63.9 Å². The van der Waals surface area contributed by atoms with Gasteiger partial charge in [-0.05, 0) is 127 Å². The van der Waals surface area contributed by atoms with Crippen LogP contribution in [0.15, 0.2) is 99.5 Å². The van der Waals surface area contributed by atoms with Gasteiger partial charge in [-0.25, -0.2) is 18.2 Å². The number of ether oxygens (including phenoxy) is 10. The first-order valence-corrected chi connectivity index (χ1v) is 37.8. The monoisotopic (exact) mass is 1500 g/mol. The molecular formula is C77H106N12O17S. The van der Waals surface area contributed by atoms with Crippen LogP contribution in [0.3, 0.4) is 0 Å². The SMILES string of the molecule is CCCOc1cc(OCCCCN(C)CC(=O)CCCOCCOCCOCCOCCOCCC(=O)NCCN2CCN(c3ccc(-c4cc(NC(C)C)c(C=N)c(C(=O)NCc5c(C)cc(C)[nH]c5=O)c4)cn3)CC2)cc(Oc2cc3c(cc2NS(=O)(=O)c2ccc(OC)c(OC)c2)n(C)c(=O)n3C)c1. The van der Waals surface area contributed by atoms with Gasteiger partial charge in [0.1, 0.15) is 28.8 Å². The van der Waals surface area contributed by atoms with E-state index in [4.69, 9.17) is 57.8 Å². The molecule has 0 unspecified atom stereocenters. The Labute approximate surface area is 626 Å². The number of imidazole rings is 1. The van der Waals surface area contributed by atoms with E-state index in [-0.39, 0.29) is 64.0 Å². The second-order valence-electron chi connectivity index (χ2n) is 26.3. The number of amides is 2. The number of aromatic nitrogens is 4. The third kappa shape index (κ3) is 25.4. The van der Waals surface area contributed by atoms with E-state index in [1.165, 1.54) is 47.8 Å². The smallest absolute Gasteiger partial charge is 0.328 e. The summed E-state index contributed by atoms with van der Waals surface area (Å²) in [4.78, 5) is 78.8. The minimum Gasteiger partial charge on any atom is -0.493 e. The van der Waals surface area contributed by atoms with Crippen LogP contribution in [-0.4, -0.2) is 220 Å². The number of piperazine rings is 1. The lowest BCUT2D eigenvalue weighted by Gasteiger charge is -2.35. The van der Waals surface area contributed by atoms with Crippen molar-refractivity contribution in [3.8, 4) is 45.6 Å². The Hall–Kier alpha value is -9.40. The summed E-state index contributed by atoms with van der Waals surface area (Å²) in [6.45, 7) is 19.8. The van der Waals surface area contributed by atoms with Crippen molar-refractivity contribution in [2.45, 2.75) is 90.6 Å². The van der Waals surface area contributed by atoms with E-state index in [1.54, 1.807) is 56.7 Å². The summed E-state index contributed by atoms with van der Waals surface area (Å²) in [6.07, 6.45) is 6.47. The lowest BCUT2D eigenvalue weighted by Crippen LogP contribution is -2.48. The van der Waals surface area contributed by atoms with Crippen LogP contribution in [0, 0.1) is 19.3 Å². The van der Waals surface area contributed by atoms with E-state index in [9.17, 15) is 32.4 Å². The average molecular weight is 1500 g/mol. The van der Waals surface area contributed by atoms with Crippen molar-refractivity contribution in [2.75, 3.05) is 168 Å². The number of aryl methyl sites for hydroxylation is 4. The van der Waals surface area contributed by atoms with E-state index < -0.39 is 15.9 Å². The summed E-state index contributed by atoms with van der Waals surface area (Å²) >= 11 is 0. The maximum Gasteiger partial charge on any atom is 0.328 e. The highest BCUT2D eigenvalue weighted by atomic mass is 32.2. The Morgan fingerprint density at radius 2 is 1.33 bits per heavy atom. The Morgan fingerprint density at radius 1 is 0.682 bits per heavy atom. The Bertz CT molecular complexity index is 4310. The van der Waals surface area contributed by atoms with Crippen molar-refractivity contribution in [1.82, 2.24) is 39.5 Å². The number of anilines is 3. The summed E-state index contributed by atoms with van der Waals surface area (Å²) in [5.74, 6) is 2.50. The van der Waals surface area contributed by atoms with Gasteiger partial charge in [-0.15, -0.1) is 0 Å². The molecule has 4 heterocycles. The van der Waals surface area contributed by atoms with Gasteiger partial charge in [0.05, 0.1) is 121 Å². The minimum atomic E-state index is -4.22. The topological polar surface area (TPSA) is 332 Å². The fourth-order valence-corrected chi connectivity index (χ4v) is 13.1. The molecule has 0 radical (unpaired) electrons. The third-order valence-corrected chi connectivity index (χ3v) is 19.0. The number of hydrogen-bond acceptors (Lipinski definition) is 23. The molecule has 8 rings (SSSR count). The summed E-state index contributed by atoms with van der Waals surface area (Å²) in [6, 6.07) is 22.1. The number of nitrogens with one attached hydrogen (secondary N) is 6. The summed E-state index contributed by atoms with van der Waals surface area (Å²) in [7, 11) is 3.80. The van der Waals surface area contributed by atoms with Gasteiger partial charge in [0.2, 0.25) is 5.91 Å². The van der Waals surface area contributed by atoms with Crippen LogP contribution in [0.4, 0.5) is 17.2 Å². The number of sulfonamides is 1. The number of benzene rings is 4. The molecule has 2 amide bonds. The third-order valence-electron chi connectivity index (χ3n) is 17.7. The first-order valence-electron chi connectivity index (χ1n) is 36.3. The molecule has 7 aromatic rings. The summed E-state index contributed by atoms with van der Waals surface area (Å²) in [5.41, 5.74) is 5.52. The average Bonchev–Trinajstić information content (AvgIpc) is 1.79. The number of carbonyl (C=O) groups is 3. The molecule has 1 fully saturated rings. The molecule has 0 saturated carbocycles. The van der Waals surface area contributed by atoms with Gasteiger partial charge in [-0.3, -0.25) is 42.8 Å². The first kappa shape index (κ1) is 83.2. The number of aromatic amines is 1.